The highest BCUT2D eigenvalue weighted by Crippen LogP contribution is 2.43. The van der Waals surface area contributed by atoms with Crippen LogP contribution in [0.25, 0.3) is 61.5 Å². The maximum absolute atomic E-state index is 6.31. The number of nitrogens with two attached hydrogens (primary N) is 1. The van der Waals surface area contributed by atoms with Crippen LogP contribution in [0.4, 0.5) is 0 Å². The number of hydrogen-bond acceptors (Lipinski definition) is 4. The van der Waals surface area contributed by atoms with Gasteiger partial charge in [0.2, 0.25) is 0 Å². The zero-order chi connectivity index (χ0) is 29.6. The summed E-state index contributed by atoms with van der Waals surface area (Å²) in [4.78, 5) is 4.81. The SMILES string of the molecule is C=Cc1c(C=C)c(-c2ccc(CSC)nc2)c2cc(-c3cccc4ccccc34)ccc2c1C(/C=C\C(C)CS)=C/N. The van der Waals surface area contributed by atoms with Crippen molar-refractivity contribution in [1.82, 2.24) is 4.98 Å². The number of hydrogen-bond donors (Lipinski definition) is 2. The molecular weight excluding hydrogens is 549 g/mol. The molecule has 0 bridgehead atoms. The number of rotatable bonds is 10. The van der Waals surface area contributed by atoms with Gasteiger partial charge in [-0.1, -0.05) is 105 Å². The molecule has 4 aromatic carbocycles. The highest BCUT2D eigenvalue weighted by Gasteiger charge is 2.20. The maximum atomic E-state index is 6.31. The molecule has 0 aliphatic rings. The second kappa shape index (κ2) is 13.3. The quantitative estimate of drug-likeness (QED) is 0.127. The molecular formula is C38H36N2S2. The van der Waals surface area contributed by atoms with E-state index in [-0.39, 0.29) is 0 Å². The van der Waals surface area contributed by atoms with Gasteiger partial charge in [-0.25, -0.2) is 0 Å². The van der Waals surface area contributed by atoms with Crippen LogP contribution in [0.2, 0.25) is 0 Å². The molecule has 0 aliphatic carbocycles. The van der Waals surface area contributed by atoms with E-state index >= 15 is 0 Å². The highest BCUT2D eigenvalue weighted by atomic mass is 32.2. The minimum absolute atomic E-state index is 0.309. The van der Waals surface area contributed by atoms with Crippen LogP contribution in [0.1, 0.15) is 29.3 Å². The zero-order valence-corrected chi connectivity index (χ0v) is 25.9. The summed E-state index contributed by atoms with van der Waals surface area (Å²) in [6.45, 7) is 10.6. The smallest absolute Gasteiger partial charge is 0.0502 e. The van der Waals surface area contributed by atoms with Crippen LogP contribution in [-0.2, 0) is 5.75 Å². The van der Waals surface area contributed by atoms with E-state index in [2.05, 4.69) is 124 Å². The summed E-state index contributed by atoms with van der Waals surface area (Å²) in [6.07, 6.45) is 13.9. The largest absolute Gasteiger partial charge is 0.404 e. The number of pyridine rings is 1. The molecule has 0 saturated heterocycles. The van der Waals surface area contributed by atoms with Crippen LogP contribution < -0.4 is 5.73 Å². The molecule has 4 heteroatoms. The second-order valence-electron chi connectivity index (χ2n) is 10.4. The molecule has 5 rings (SSSR count). The Bertz CT molecular complexity index is 1830. The van der Waals surface area contributed by atoms with E-state index in [9.17, 15) is 0 Å². The first-order chi connectivity index (χ1) is 20.5. The Hall–Kier alpha value is -3.99. The molecule has 0 fully saturated rings. The molecule has 0 saturated carbocycles. The molecule has 0 aliphatic heterocycles. The van der Waals surface area contributed by atoms with Crippen molar-refractivity contribution in [1.29, 1.82) is 0 Å². The number of fused-ring (bicyclic) bond motifs is 2. The highest BCUT2D eigenvalue weighted by molar-refractivity contribution is 7.97. The van der Waals surface area contributed by atoms with E-state index in [4.69, 9.17) is 10.7 Å². The molecule has 2 N–H and O–H groups in total. The third-order valence-corrected chi connectivity index (χ3v) is 8.82. The monoisotopic (exact) mass is 584 g/mol. The van der Waals surface area contributed by atoms with Crippen molar-refractivity contribution in [2.24, 2.45) is 11.7 Å². The Balaban J connectivity index is 1.88. The standard InChI is InChI=1S/C38H36N2S2/c1-5-31-32(6-2)38(29-16-18-30(24-42-4)40-22-29)36-20-27(34-13-9-11-26-10-7-8-12-33(26)34)17-19-35(36)37(31)28(21-39)15-14-25(3)23-41/h5-22,25,41H,1-2,23-24,39H2,3-4H3/b15-14-,28-21+. The fourth-order valence-corrected chi connectivity index (χ4v) is 6.16. The van der Waals surface area contributed by atoms with Crippen molar-refractivity contribution in [2.45, 2.75) is 12.7 Å². The summed E-state index contributed by atoms with van der Waals surface area (Å²) in [7, 11) is 0. The Morgan fingerprint density at radius 3 is 2.38 bits per heavy atom. The van der Waals surface area contributed by atoms with E-state index in [0.29, 0.717) is 5.92 Å². The van der Waals surface area contributed by atoms with Gasteiger partial charge in [0.1, 0.15) is 0 Å². The lowest BCUT2D eigenvalue weighted by molar-refractivity contribution is 0.850. The van der Waals surface area contributed by atoms with Crippen LogP contribution in [0.15, 0.2) is 111 Å². The van der Waals surface area contributed by atoms with Gasteiger partial charge in [0.15, 0.2) is 0 Å². The van der Waals surface area contributed by atoms with Crippen molar-refractivity contribution >= 4 is 63.7 Å². The zero-order valence-electron chi connectivity index (χ0n) is 24.2. The predicted octanol–water partition coefficient (Wildman–Crippen LogP) is 10.3. The molecule has 1 aromatic heterocycles. The summed E-state index contributed by atoms with van der Waals surface area (Å²) < 4.78 is 0. The van der Waals surface area contributed by atoms with Gasteiger partial charge in [-0.05, 0) is 90.6 Å². The van der Waals surface area contributed by atoms with Crippen molar-refractivity contribution in [3.05, 3.63) is 133 Å². The molecule has 0 amide bonds. The van der Waals surface area contributed by atoms with Gasteiger partial charge in [0.25, 0.3) is 0 Å². The minimum atomic E-state index is 0.309. The fourth-order valence-electron chi connectivity index (χ4n) is 5.58. The van der Waals surface area contributed by atoms with Crippen molar-refractivity contribution < 1.29 is 0 Å². The van der Waals surface area contributed by atoms with E-state index in [1.165, 1.54) is 16.3 Å². The molecule has 2 nitrogen and oxygen atoms in total. The number of thioether (sulfide) groups is 1. The van der Waals surface area contributed by atoms with Gasteiger partial charge in [-0.15, -0.1) is 0 Å². The normalized spacial score (nSPS) is 12.7. The molecule has 1 heterocycles. The van der Waals surface area contributed by atoms with Gasteiger partial charge < -0.3 is 5.73 Å². The summed E-state index contributed by atoms with van der Waals surface area (Å²) in [5, 5.41) is 4.66. The summed E-state index contributed by atoms with van der Waals surface area (Å²) in [5.41, 5.74) is 15.8. The van der Waals surface area contributed by atoms with Gasteiger partial charge in [-0.2, -0.15) is 24.4 Å². The van der Waals surface area contributed by atoms with Crippen LogP contribution in [0.3, 0.4) is 0 Å². The van der Waals surface area contributed by atoms with Crippen molar-refractivity contribution in [2.75, 3.05) is 12.0 Å². The number of nitrogens with zero attached hydrogens (tertiary/aromatic N) is 1. The molecule has 0 radical (unpaired) electrons. The topological polar surface area (TPSA) is 38.9 Å². The van der Waals surface area contributed by atoms with Crippen LogP contribution in [0.5, 0.6) is 0 Å². The van der Waals surface area contributed by atoms with Gasteiger partial charge >= 0.3 is 0 Å². The summed E-state index contributed by atoms with van der Waals surface area (Å²) in [6, 6.07) is 26.0. The van der Waals surface area contributed by atoms with E-state index in [0.717, 1.165) is 66.9 Å². The second-order valence-corrected chi connectivity index (χ2v) is 11.6. The lowest BCUT2D eigenvalue weighted by Gasteiger charge is -2.21. The van der Waals surface area contributed by atoms with Gasteiger partial charge in [0.05, 0.1) is 5.69 Å². The number of thiol groups is 1. The molecule has 1 unspecified atom stereocenters. The third kappa shape index (κ3) is 5.70. The molecule has 210 valence electrons. The first kappa shape index (κ1) is 29.5. The lowest BCUT2D eigenvalue weighted by Crippen LogP contribution is -2.01. The Morgan fingerprint density at radius 1 is 0.929 bits per heavy atom. The number of aromatic nitrogens is 1. The predicted molar refractivity (Wildman–Crippen MR) is 192 cm³/mol. The molecule has 5 aromatic rings. The lowest BCUT2D eigenvalue weighted by atomic mass is 9.82. The fraction of sp³-hybridized carbons (Fsp3) is 0.132. The molecule has 0 spiro atoms. The average molecular weight is 585 g/mol. The van der Waals surface area contributed by atoms with Gasteiger partial charge in [0, 0.05) is 23.7 Å². The van der Waals surface area contributed by atoms with Crippen LogP contribution in [0, 0.1) is 5.92 Å². The number of allylic oxidation sites excluding steroid dienone is 3. The Kier molecular flexibility index (Phi) is 9.36. The minimum Gasteiger partial charge on any atom is -0.404 e. The summed E-state index contributed by atoms with van der Waals surface area (Å²) in [5.74, 6) is 1.94. The van der Waals surface area contributed by atoms with Crippen molar-refractivity contribution in [3.8, 4) is 22.3 Å². The molecule has 1 atom stereocenters. The first-order valence-corrected chi connectivity index (χ1v) is 16.1. The first-order valence-electron chi connectivity index (χ1n) is 14.1. The van der Waals surface area contributed by atoms with Crippen LogP contribution >= 0.6 is 24.4 Å². The van der Waals surface area contributed by atoms with Crippen LogP contribution in [-0.4, -0.2) is 17.0 Å². The van der Waals surface area contributed by atoms with Crippen molar-refractivity contribution in [3.63, 3.8) is 0 Å². The summed E-state index contributed by atoms with van der Waals surface area (Å²) >= 11 is 6.24. The Labute approximate surface area is 259 Å². The maximum Gasteiger partial charge on any atom is 0.0502 e. The average Bonchev–Trinajstić information content (AvgIpc) is 3.04. The third-order valence-electron chi connectivity index (χ3n) is 7.66. The van der Waals surface area contributed by atoms with Gasteiger partial charge in [-0.3, -0.25) is 4.98 Å². The molecule has 42 heavy (non-hydrogen) atoms. The number of benzene rings is 4. The Morgan fingerprint density at radius 2 is 1.69 bits per heavy atom. The van der Waals surface area contributed by atoms with E-state index in [1.54, 1.807) is 18.0 Å². The van der Waals surface area contributed by atoms with E-state index < -0.39 is 0 Å². The van der Waals surface area contributed by atoms with E-state index in [1.807, 2.05) is 18.3 Å².